The normalized spacial score (nSPS) is 11.1. The number of fused-ring (bicyclic) bond motifs is 1. The molecule has 4 rings (SSSR count). The molecule has 0 aliphatic rings. The van der Waals surface area contributed by atoms with Crippen molar-refractivity contribution in [3.8, 4) is 22.8 Å². The molecule has 172 valence electrons. The summed E-state index contributed by atoms with van der Waals surface area (Å²) in [6.45, 7) is 1.30. The fraction of sp³-hybridized carbons (Fsp3) is 0.333. The van der Waals surface area contributed by atoms with Crippen LogP contribution in [0.25, 0.3) is 22.2 Å². The average molecular weight is 466 g/mol. The summed E-state index contributed by atoms with van der Waals surface area (Å²) in [6.07, 6.45) is 8.50. The summed E-state index contributed by atoms with van der Waals surface area (Å²) in [7, 11) is 1.84. The highest BCUT2D eigenvalue weighted by Crippen LogP contribution is 2.27. The Morgan fingerprint density at radius 3 is 2.76 bits per heavy atom. The van der Waals surface area contributed by atoms with Crippen LogP contribution in [-0.2, 0) is 13.6 Å². The Bertz CT molecular complexity index is 1270. The van der Waals surface area contributed by atoms with Gasteiger partial charge in [-0.05, 0) is 49.3 Å². The maximum atomic E-state index is 12.2. The topological polar surface area (TPSA) is 84.1 Å². The molecule has 0 aliphatic heterocycles. The van der Waals surface area contributed by atoms with E-state index in [2.05, 4.69) is 27.8 Å². The van der Waals surface area contributed by atoms with E-state index in [1.54, 1.807) is 23.1 Å². The minimum atomic E-state index is -0.179. The number of nitrogens with zero attached hydrogens (tertiary/aromatic N) is 5. The van der Waals surface area contributed by atoms with E-state index >= 15 is 0 Å². The molecule has 0 bridgehead atoms. The van der Waals surface area contributed by atoms with Gasteiger partial charge in [0.2, 0.25) is 0 Å². The highest BCUT2D eigenvalue weighted by Gasteiger charge is 2.08. The Morgan fingerprint density at radius 2 is 1.94 bits per heavy atom. The third-order valence-corrected chi connectivity index (χ3v) is 5.49. The Kier molecular flexibility index (Phi) is 7.62. The molecule has 0 radical (unpaired) electrons. The molecule has 0 spiro atoms. The van der Waals surface area contributed by atoms with Gasteiger partial charge in [-0.25, -0.2) is 4.68 Å². The second kappa shape index (κ2) is 11.0. The number of aryl methyl sites for hydroxylation is 1. The SMILES string of the molecule is Cn1cc(-c2ccc(=O)n(CCOc3ccnc4cc(OCCCCCS)ccc34)n2)cn1. The Hall–Kier alpha value is -3.33. The number of pyridine rings is 1. The van der Waals surface area contributed by atoms with Crippen LogP contribution in [0.1, 0.15) is 19.3 Å². The number of unbranched alkanes of at least 4 members (excludes halogenated alkanes) is 2. The molecular formula is C24H27N5O3S. The van der Waals surface area contributed by atoms with Gasteiger partial charge in [0.05, 0.1) is 30.6 Å². The molecule has 0 atom stereocenters. The van der Waals surface area contributed by atoms with Crippen molar-refractivity contribution in [1.29, 1.82) is 0 Å². The second-order valence-electron chi connectivity index (χ2n) is 7.65. The Balaban J connectivity index is 1.40. The first kappa shape index (κ1) is 22.8. The molecular weight excluding hydrogens is 438 g/mol. The molecule has 9 heteroatoms. The quantitative estimate of drug-likeness (QED) is 0.268. The van der Waals surface area contributed by atoms with E-state index in [-0.39, 0.29) is 5.56 Å². The molecule has 0 saturated carbocycles. The predicted molar refractivity (Wildman–Crippen MR) is 131 cm³/mol. The minimum Gasteiger partial charge on any atom is -0.494 e. The first-order valence-corrected chi connectivity index (χ1v) is 11.6. The summed E-state index contributed by atoms with van der Waals surface area (Å²) in [5.74, 6) is 2.40. The van der Waals surface area contributed by atoms with Crippen molar-refractivity contribution >= 4 is 23.5 Å². The molecule has 4 aromatic rings. The third-order valence-electron chi connectivity index (χ3n) is 5.17. The van der Waals surface area contributed by atoms with Crippen molar-refractivity contribution in [3.05, 3.63) is 65.3 Å². The molecule has 3 aromatic heterocycles. The zero-order valence-electron chi connectivity index (χ0n) is 18.6. The van der Waals surface area contributed by atoms with Crippen LogP contribution in [0.5, 0.6) is 11.5 Å². The second-order valence-corrected chi connectivity index (χ2v) is 8.10. The van der Waals surface area contributed by atoms with Crippen molar-refractivity contribution in [2.45, 2.75) is 25.8 Å². The van der Waals surface area contributed by atoms with E-state index in [9.17, 15) is 4.79 Å². The fourth-order valence-corrected chi connectivity index (χ4v) is 3.68. The largest absolute Gasteiger partial charge is 0.494 e. The predicted octanol–water partition coefficient (Wildman–Crippen LogP) is 3.75. The smallest absolute Gasteiger partial charge is 0.266 e. The molecule has 0 aliphatic carbocycles. The van der Waals surface area contributed by atoms with Crippen LogP contribution < -0.4 is 15.0 Å². The minimum absolute atomic E-state index is 0.179. The van der Waals surface area contributed by atoms with E-state index in [1.807, 2.05) is 37.5 Å². The highest BCUT2D eigenvalue weighted by atomic mass is 32.1. The van der Waals surface area contributed by atoms with E-state index in [0.29, 0.717) is 31.2 Å². The molecule has 0 unspecified atom stereocenters. The van der Waals surface area contributed by atoms with E-state index in [0.717, 1.165) is 47.2 Å². The third kappa shape index (κ3) is 5.92. The maximum Gasteiger partial charge on any atom is 0.266 e. The lowest BCUT2D eigenvalue weighted by atomic mass is 10.2. The lowest BCUT2D eigenvalue weighted by molar-refractivity contribution is 0.291. The van der Waals surface area contributed by atoms with Crippen molar-refractivity contribution in [2.75, 3.05) is 19.0 Å². The number of benzene rings is 1. The van der Waals surface area contributed by atoms with Crippen molar-refractivity contribution in [1.82, 2.24) is 24.5 Å². The van der Waals surface area contributed by atoms with Gasteiger partial charge in [0.1, 0.15) is 18.1 Å². The molecule has 0 amide bonds. The summed E-state index contributed by atoms with van der Waals surface area (Å²) in [5.41, 5.74) is 2.17. The average Bonchev–Trinajstić information content (AvgIpc) is 3.26. The van der Waals surface area contributed by atoms with E-state index < -0.39 is 0 Å². The van der Waals surface area contributed by atoms with E-state index in [4.69, 9.17) is 9.47 Å². The summed E-state index contributed by atoms with van der Waals surface area (Å²) < 4.78 is 14.9. The van der Waals surface area contributed by atoms with Gasteiger partial charge in [0, 0.05) is 42.5 Å². The summed E-state index contributed by atoms with van der Waals surface area (Å²) >= 11 is 4.23. The fourth-order valence-electron chi connectivity index (χ4n) is 3.46. The zero-order chi connectivity index (χ0) is 23.0. The maximum absolute atomic E-state index is 12.2. The van der Waals surface area contributed by atoms with Crippen molar-refractivity contribution in [3.63, 3.8) is 0 Å². The van der Waals surface area contributed by atoms with Crippen LogP contribution in [-0.4, -0.2) is 43.5 Å². The lowest BCUT2D eigenvalue weighted by Gasteiger charge is -2.11. The first-order chi connectivity index (χ1) is 16.1. The Labute approximate surface area is 197 Å². The van der Waals surface area contributed by atoms with Gasteiger partial charge in [-0.1, -0.05) is 0 Å². The molecule has 8 nitrogen and oxygen atoms in total. The number of hydrogen-bond acceptors (Lipinski definition) is 7. The molecule has 3 heterocycles. The number of thiol groups is 1. The highest BCUT2D eigenvalue weighted by molar-refractivity contribution is 7.80. The van der Waals surface area contributed by atoms with Crippen LogP contribution in [0.2, 0.25) is 0 Å². The summed E-state index contributed by atoms with van der Waals surface area (Å²) in [4.78, 5) is 16.7. The van der Waals surface area contributed by atoms with Crippen LogP contribution in [0.15, 0.2) is 59.8 Å². The molecule has 0 saturated heterocycles. The van der Waals surface area contributed by atoms with Gasteiger partial charge in [-0.2, -0.15) is 22.8 Å². The van der Waals surface area contributed by atoms with Gasteiger partial charge < -0.3 is 9.47 Å². The number of rotatable bonds is 11. The van der Waals surface area contributed by atoms with Gasteiger partial charge in [0.25, 0.3) is 5.56 Å². The molecule has 0 N–H and O–H groups in total. The summed E-state index contributed by atoms with van der Waals surface area (Å²) in [6, 6.07) is 10.8. The standard InChI is InChI=1S/C24H27N5O3S/c1-28-17-18(16-26-28)21-7-8-24(30)29(27-21)11-13-32-23-9-10-25-22-15-19(5-6-20(22)23)31-12-3-2-4-14-33/h5-10,15-17,33H,2-4,11-14H2,1H3. The van der Waals surface area contributed by atoms with Gasteiger partial charge in [0.15, 0.2) is 0 Å². The monoisotopic (exact) mass is 465 g/mol. The number of hydrogen-bond donors (Lipinski definition) is 1. The molecule has 1 aromatic carbocycles. The number of aromatic nitrogens is 5. The van der Waals surface area contributed by atoms with Crippen LogP contribution >= 0.6 is 12.6 Å². The van der Waals surface area contributed by atoms with Crippen LogP contribution in [0.4, 0.5) is 0 Å². The van der Waals surface area contributed by atoms with Crippen molar-refractivity contribution < 1.29 is 9.47 Å². The van der Waals surface area contributed by atoms with E-state index in [1.165, 1.54) is 10.7 Å². The van der Waals surface area contributed by atoms with Gasteiger partial charge in [-0.3, -0.25) is 14.5 Å². The number of ether oxygens (including phenoxy) is 2. The van der Waals surface area contributed by atoms with Gasteiger partial charge in [-0.15, -0.1) is 0 Å². The lowest BCUT2D eigenvalue weighted by Crippen LogP contribution is -2.25. The molecule has 33 heavy (non-hydrogen) atoms. The zero-order valence-corrected chi connectivity index (χ0v) is 19.4. The Morgan fingerprint density at radius 1 is 1.03 bits per heavy atom. The first-order valence-electron chi connectivity index (χ1n) is 11.0. The van der Waals surface area contributed by atoms with Crippen molar-refractivity contribution in [2.24, 2.45) is 7.05 Å². The summed E-state index contributed by atoms with van der Waals surface area (Å²) in [5, 5.41) is 9.50. The molecule has 0 fully saturated rings. The van der Waals surface area contributed by atoms with Crippen LogP contribution in [0, 0.1) is 0 Å². The van der Waals surface area contributed by atoms with Gasteiger partial charge >= 0.3 is 0 Å². The van der Waals surface area contributed by atoms with Crippen LogP contribution in [0.3, 0.4) is 0 Å².